The third-order valence-electron chi connectivity index (χ3n) is 4.05. The second kappa shape index (κ2) is 7.33. The van der Waals surface area contributed by atoms with Gasteiger partial charge in [-0.25, -0.2) is 9.78 Å². The zero-order chi connectivity index (χ0) is 16.9. The number of carbonyl (C=O) groups excluding carboxylic acids is 1. The molecule has 1 saturated heterocycles. The van der Waals surface area contributed by atoms with Crippen LogP contribution >= 0.6 is 0 Å². The molecule has 3 rings (SSSR count). The van der Waals surface area contributed by atoms with Gasteiger partial charge in [-0.2, -0.15) is 0 Å². The lowest BCUT2D eigenvalue weighted by atomic mass is 10.1. The fraction of sp³-hybridized carbons (Fsp3) is 0.471. The number of pyridine rings is 1. The van der Waals surface area contributed by atoms with Crippen LogP contribution in [0.5, 0.6) is 5.88 Å². The van der Waals surface area contributed by atoms with Crippen LogP contribution in [-0.4, -0.2) is 34.2 Å². The van der Waals surface area contributed by atoms with E-state index < -0.39 is 0 Å². The Hall–Kier alpha value is -2.57. The molecular weight excluding hydrogens is 308 g/mol. The maximum atomic E-state index is 12.6. The zero-order valence-corrected chi connectivity index (χ0v) is 14.0. The summed E-state index contributed by atoms with van der Waals surface area (Å²) in [5.74, 6) is 1.31. The number of aryl methyl sites for hydroxylation is 1. The van der Waals surface area contributed by atoms with Gasteiger partial charge in [0, 0.05) is 30.9 Å². The highest BCUT2D eigenvalue weighted by atomic mass is 16.5. The molecular formula is C17H22N4O3. The van der Waals surface area contributed by atoms with E-state index in [9.17, 15) is 4.79 Å². The first-order valence-corrected chi connectivity index (χ1v) is 8.23. The average molecular weight is 330 g/mol. The summed E-state index contributed by atoms with van der Waals surface area (Å²) in [4.78, 5) is 18.6. The van der Waals surface area contributed by atoms with E-state index in [0.29, 0.717) is 25.6 Å². The minimum atomic E-state index is -0.113. The highest BCUT2D eigenvalue weighted by molar-refractivity contribution is 5.75. The van der Waals surface area contributed by atoms with Crippen molar-refractivity contribution in [3.63, 3.8) is 0 Å². The number of carbonyl (C=O) groups is 1. The molecule has 1 N–H and O–H groups in total. The van der Waals surface area contributed by atoms with Gasteiger partial charge in [-0.15, -0.1) is 0 Å². The smallest absolute Gasteiger partial charge is 0.318 e. The molecule has 2 aromatic heterocycles. The van der Waals surface area contributed by atoms with Crippen LogP contribution in [0.4, 0.5) is 4.79 Å². The summed E-state index contributed by atoms with van der Waals surface area (Å²) in [6.07, 6.45) is 3.52. The second-order valence-electron chi connectivity index (χ2n) is 5.78. The van der Waals surface area contributed by atoms with E-state index in [2.05, 4.69) is 15.5 Å². The van der Waals surface area contributed by atoms with Gasteiger partial charge in [-0.05, 0) is 32.8 Å². The maximum absolute atomic E-state index is 12.6. The van der Waals surface area contributed by atoms with E-state index in [0.717, 1.165) is 29.9 Å². The standard InChI is InChI=1S/C17H22N4O3/c1-3-23-16-13(6-4-8-18-16)11-19-17(22)21-9-5-7-14(21)15-10-12(2)20-24-15/h4,6,8,10,14H,3,5,7,9,11H2,1-2H3,(H,19,22)/t14-/m1/s1. The Morgan fingerprint density at radius 2 is 2.42 bits per heavy atom. The molecule has 2 aromatic rings. The molecule has 7 heteroatoms. The lowest BCUT2D eigenvalue weighted by molar-refractivity contribution is 0.182. The van der Waals surface area contributed by atoms with Gasteiger partial charge in [0.05, 0.1) is 18.3 Å². The number of rotatable bonds is 5. The van der Waals surface area contributed by atoms with Gasteiger partial charge in [0.15, 0.2) is 5.76 Å². The van der Waals surface area contributed by atoms with Gasteiger partial charge in [0.2, 0.25) is 5.88 Å². The van der Waals surface area contributed by atoms with Gasteiger partial charge in [-0.1, -0.05) is 11.2 Å². The van der Waals surface area contributed by atoms with Gasteiger partial charge in [0.1, 0.15) is 0 Å². The summed E-state index contributed by atoms with van der Waals surface area (Å²) in [6, 6.07) is 5.47. The molecule has 2 amide bonds. The normalized spacial score (nSPS) is 17.1. The van der Waals surface area contributed by atoms with Crippen molar-refractivity contribution in [2.45, 2.75) is 39.3 Å². The average Bonchev–Trinajstić information content (AvgIpc) is 3.22. The van der Waals surface area contributed by atoms with Crippen molar-refractivity contribution in [3.05, 3.63) is 41.4 Å². The van der Waals surface area contributed by atoms with Gasteiger partial charge in [-0.3, -0.25) is 0 Å². The van der Waals surface area contributed by atoms with Crippen LogP contribution in [0, 0.1) is 6.92 Å². The molecule has 3 heterocycles. The minimum Gasteiger partial charge on any atom is -0.478 e. The Kier molecular flexibility index (Phi) is 4.98. The lowest BCUT2D eigenvalue weighted by Crippen LogP contribution is -2.39. The van der Waals surface area contributed by atoms with Gasteiger partial charge < -0.3 is 19.5 Å². The van der Waals surface area contributed by atoms with Gasteiger partial charge in [0.25, 0.3) is 0 Å². The van der Waals surface area contributed by atoms with Crippen LogP contribution in [0.1, 0.15) is 42.8 Å². The molecule has 1 fully saturated rings. The Bertz CT molecular complexity index is 701. The predicted molar refractivity (Wildman–Crippen MR) is 87.6 cm³/mol. The van der Waals surface area contributed by atoms with Crippen molar-refractivity contribution in [2.75, 3.05) is 13.2 Å². The summed E-state index contributed by atoms with van der Waals surface area (Å²) in [5, 5.41) is 6.87. The predicted octanol–water partition coefficient (Wildman–Crippen LogP) is 2.82. The van der Waals surface area contributed by atoms with Crippen LogP contribution in [0.3, 0.4) is 0 Å². The van der Waals surface area contributed by atoms with Crippen LogP contribution < -0.4 is 10.1 Å². The number of ether oxygens (including phenoxy) is 1. The molecule has 0 unspecified atom stereocenters. The molecule has 0 aromatic carbocycles. The monoisotopic (exact) mass is 330 g/mol. The van der Waals surface area contributed by atoms with Crippen LogP contribution in [0.2, 0.25) is 0 Å². The SMILES string of the molecule is CCOc1ncccc1CNC(=O)N1CCC[C@@H]1c1cc(C)no1. The number of aromatic nitrogens is 2. The fourth-order valence-electron chi connectivity index (χ4n) is 2.94. The van der Waals surface area contributed by atoms with Crippen molar-refractivity contribution in [2.24, 2.45) is 0 Å². The maximum Gasteiger partial charge on any atom is 0.318 e. The number of hydrogen-bond donors (Lipinski definition) is 1. The van der Waals surface area contributed by atoms with E-state index in [1.807, 2.05) is 32.0 Å². The summed E-state index contributed by atoms with van der Waals surface area (Å²) < 4.78 is 10.8. The highest BCUT2D eigenvalue weighted by Gasteiger charge is 2.32. The Morgan fingerprint density at radius 3 is 3.17 bits per heavy atom. The number of hydrogen-bond acceptors (Lipinski definition) is 5. The zero-order valence-electron chi connectivity index (χ0n) is 14.0. The number of nitrogens with one attached hydrogen (secondary N) is 1. The van der Waals surface area contributed by atoms with Crippen molar-refractivity contribution in [1.82, 2.24) is 20.4 Å². The number of likely N-dealkylation sites (tertiary alicyclic amines) is 1. The van der Waals surface area contributed by atoms with E-state index in [1.54, 1.807) is 11.1 Å². The van der Waals surface area contributed by atoms with Crippen LogP contribution in [0.15, 0.2) is 28.9 Å². The third-order valence-corrected chi connectivity index (χ3v) is 4.05. The number of nitrogens with zero attached hydrogens (tertiary/aromatic N) is 3. The topological polar surface area (TPSA) is 80.5 Å². The van der Waals surface area contributed by atoms with Crippen molar-refractivity contribution < 1.29 is 14.1 Å². The van der Waals surface area contributed by atoms with Crippen molar-refractivity contribution >= 4 is 6.03 Å². The minimum absolute atomic E-state index is 0.0496. The Morgan fingerprint density at radius 1 is 1.54 bits per heavy atom. The van der Waals surface area contributed by atoms with Crippen LogP contribution in [0.25, 0.3) is 0 Å². The Balaban J connectivity index is 1.64. The molecule has 0 aliphatic carbocycles. The highest BCUT2D eigenvalue weighted by Crippen LogP contribution is 2.32. The molecule has 0 radical (unpaired) electrons. The molecule has 0 spiro atoms. The molecule has 128 valence electrons. The molecule has 0 bridgehead atoms. The number of urea groups is 1. The first-order valence-electron chi connectivity index (χ1n) is 8.23. The first-order chi connectivity index (χ1) is 11.7. The Labute approximate surface area is 141 Å². The summed E-state index contributed by atoms with van der Waals surface area (Å²) in [7, 11) is 0. The van der Waals surface area contributed by atoms with E-state index in [4.69, 9.17) is 9.26 Å². The summed E-state index contributed by atoms with van der Waals surface area (Å²) in [5.41, 5.74) is 1.69. The largest absolute Gasteiger partial charge is 0.478 e. The van der Waals surface area contributed by atoms with Crippen LogP contribution in [-0.2, 0) is 6.54 Å². The molecule has 24 heavy (non-hydrogen) atoms. The lowest BCUT2D eigenvalue weighted by Gasteiger charge is -2.23. The first kappa shape index (κ1) is 16.3. The second-order valence-corrected chi connectivity index (χ2v) is 5.78. The van der Waals surface area contributed by atoms with E-state index >= 15 is 0 Å². The molecule has 1 aliphatic rings. The molecule has 0 saturated carbocycles. The molecule has 1 atom stereocenters. The van der Waals surface area contributed by atoms with E-state index in [1.165, 1.54) is 0 Å². The van der Waals surface area contributed by atoms with Gasteiger partial charge >= 0.3 is 6.03 Å². The summed E-state index contributed by atoms with van der Waals surface area (Å²) >= 11 is 0. The third kappa shape index (κ3) is 3.50. The van der Waals surface area contributed by atoms with E-state index in [-0.39, 0.29) is 12.1 Å². The van der Waals surface area contributed by atoms with Crippen molar-refractivity contribution in [3.8, 4) is 5.88 Å². The quantitative estimate of drug-likeness (QED) is 0.912. The molecule has 1 aliphatic heterocycles. The number of amides is 2. The molecule has 7 nitrogen and oxygen atoms in total. The fourth-order valence-corrected chi connectivity index (χ4v) is 2.94. The van der Waals surface area contributed by atoms with Crippen molar-refractivity contribution in [1.29, 1.82) is 0 Å². The summed E-state index contributed by atoms with van der Waals surface area (Å²) in [6.45, 7) is 5.41.